The first-order valence-electron chi connectivity index (χ1n) is 8.60. The monoisotopic (exact) mass is 285 g/mol. The van der Waals surface area contributed by atoms with E-state index in [9.17, 15) is 5.21 Å². The smallest absolute Gasteiger partial charge is 0.0636 e. The molecule has 1 aliphatic heterocycles. The van der Waals surface area contributed by atoms with Gasteiger partial charge >= 0.3 is 0 Å². The third kappa shape index (κ3) is 8.20. The summed E-state index contributed by atoms with van der Waals surface area (Å²) in [7, 11) is 0. The molecule has 0 aliphatic carbocycles. The van der Waals surface area contributed by atoms with E-state index in [-0.39, 0.29) is 6.04 Å². The molecule has 0 amide bonds. The highest BCUT2D eigenvalue weighted by Crippen LogP contribution is 2.15. The maximum atomic E-state index is 10.8. The highest BCUT2D eigenvalue weighted by Gasteiger charge is 2.19. The molecule has 1 heterocycles. The average molecular weight is 285 g/mol. The van der Waals surface area contributed by atoms with Gasteiger partial charge < -0.3 is 15.5 Å². The summed E-state index contributed by atoms with van der Waals surface area (Å²) in [5.41, 5.74) is 2.04. The minimum Gasteiger partial charge on any atom is -0.774 e. The van der Waals surface area contributed by atoms with Gasteiger partial charge in [0.05, 0.1) is 13.2 Å². The fourth-order valence-electron chi connectivity index (χ4n) is 2.88. The van der Waals surface area contributed by atoms with E-state index in [0.29, 0.717) is 19.8 Å². The summed E-state index contributed by atoms with van der Waals surface area (Å²) in [5, 5.41) is 12.6. The number of nitrogens with one attached hydrogen (secondary N) is 1. The van der Waals surface area contributed by atoms with Crippen LogP contribution in [0.2, 0.25) is 0 Å². The number of hydrogen-bond acceptors (Lipinski definition) is 4. The van der Waals surface area contributed by atoms with Crippen LogP contribution < -0.4 is 5.59 Å². The van der Waals surface area contributed by atoms with Gasteiger partial charge in [0.1, 0.15) is 0 Å². The van der Waals surface area contributed by atoms with Gasteiger partial charge in [-0.05, 0) is 6.42 Å². The van der Waals surface area contributed by atoms with E-state index in [1.54, 1.807) is 5.01 Å². The molecule has 0 spiro atoms. The van der Waals surface area contributed by atoms with E-state index in [4.69, 9.17) is 4.74 Å². The molecule has 0 radical (unpaired) electrons. The third-order valence-electron chi connectivity index (χ3n) is 4.24. The number of ether oxygens (including phenoxy) is 1. The van der Waals surface area contributed by atoms with Crippen molar-refractivity contribution in [3.63, 3.8) is 0 Å². The summed E-state index contributed by atoms with van der Waals surface area (Å²) in [4.78, 5) is 0. The number of rotatable bonds is 12. The SMILES string of the molecule is CCCCCCCCCCCCC1COCCN1N[O-]. The van der Waals surface area contributed by atoms with Crippen LogP contribution in [-0.4, -0.2) is 30.8 Å². The Morgan fingerprint density at radius 1 is 1.00 bits per heavy atom. The largest absolute Gasteiger partial charge is 0.774 e. The number of nitrogens with zero attached hydrogens (tertiary/aromatic N) is 1. The van der Waals surface area contributed by atoms with Gasteiger partial charge in [-0.15, -0.1) is 0 Å². The molecule has 0 aromatic carbocycles. The molecule has 1 atom stereocenters. The molecule has 1 rings (SSSR count). The lowest BCUT2D eigenvalue weighted by atomic mass is 10.0. The topological polar surface area (TPSA) is 47.6 Å². The van der Waals surface area contributed by atoms with Crippen molar-refractivity contribution in [3.05, 3.63) is 5.21 Å². The van der Waals surface area contributed by atoms with E-state index in [2.05, 4.69) is 6.92 Å². The van der Waals surface area contributed by atoms with Gasteiger partial charge in [0.15, 0.2) is 0 Å². The Hall–Kier alpha value is -0.160. The lowest BCUT2D eigenvalue weighted by Gasteiger charge is -2.38. The number of hydrazine groups is 1. The van der Waals surface area contributed by atoms with Crippen LogP contribution in [0.3, 0.4) is 0 Å². The van der Waals surface area contributed by atoms with Crippen LogP contribution in [0.1, 0.15) is 77.6 Å². The van der Waals surface area contributed by atoms with Crippen LogP contribution in [-0.2, 0) is 4.74 Å². The molecule has 0 bridgehead atoms. The van der Waals surface area contributed by atoms with Gasteiger partial charge in [-0.1, -0.05) is 71.1 Å². The Kier molecular flexibility index (Phi) is 11.2. The van der Waals surface area contributed by atoms with E-state index >= 15 is 0 Å². The molecule has 1 saturated heterocycles. The fourth-order valence-corrected chi connectivity index (χ4v) is 2.88. The van der Waals surface area contributed by atoms with Gasteiger partial charge in [0, 0.05) is 12.6 Å². The van der Waals surface area contributed by atoms with Gasteiger partial charge in [-0.25, -0.2) is 5.01 Å². The van der Waals surface area contributed by atoms with Crippen LogP contribution in [0.15, 0.2) is 0 Å². The maximum absolute atomic E-state index is 10.8. The summed E-state index contributed by atoms with van der Waals surface area (Å²) in [6.45, 7) is 4.35. The molecule has 0 aromatic rings. The van der Waals surface area contributed by atoms with E-state index in [1.807, 2.05) is 5.59 Å². The van der Waals surface area contributed by atoms with Crippen LogP contribution in [0.5, 0.6) is 0 Å². The second-order valence-corrected chi connectivity index (χ2v) is 5.98. The molecule has 1 unspecified atom stereocenters. The minimum absolute atomic E-state index is 0.273. The van der Waals surface area contributed by atoms with Crippen molar-refractivity contribution >= 4 is 0 Å². The molecular formula is C16H33N2O2-. The Labute approximate surface area is 124 Å². The average Bonchev–Trinajstić information content (AvgIpc) is 2.49. The van der Waals surface area contributed by atoms with Crippen LogP contribution in [0, 0.1) is 5.21 Å². The first-order valence-corrected chi connectivity index (χ1v) is 8.60. The van der Waals surface area contributed by atoms with Crippen LogP contribution >= 0.6 is 0 Å². The molecule has 4 nitrogen and oxygen atoms in total. The molecule has 0 saturated carbocycles. The molecule has 4 heteroatoms. The minimum atomic E-state index is 0.273. The lowest BCUT2D eigenvalue weighted by molar-refractivity contribution is -0.0290. The van der Waals surface area contributed by atoms with E-state index < -0.39 is 0 Å². The Morgan fingerprint density at radius 2 is 1.60 bits per heavy atom. The van der Waals surface area contributed by atoms with Crippen LogP contribution in [0.25, 0.3) is 0 Å². The van der Waals surface area contributed by atoms with Crippen molar-refractivity contribution in [2.24, 2.45) is 0 Å². The number of hydrogen-bond donors (Lipinski definition) is 1. The molecule has 1 aliphatic rings. The zero-order chi connectivity index (χ0) is 14.5. The first kappa shape index (κ1) is 17.9. The molecule has 20 heavy (non-hydrogen) atoms. The molecule has 0 aromatic heterocycles. The second kappa shape index (κ2) is 12.6. The molecule has 120 valence electrons. The van der Waals surface area contributed by atoms with E-state index in [0.717, 1.165) is 6.42 Å². The fraction of sp³-hybridized carbons (Fsp3) is 1.00. The van der Waals surface area contributed by atoms with Crippen molar-refractivity contribution in [1.29, 1.82) is 0 Å². The lowest BCUT2D eigenvalue weighted by Crippen LogP contribution is -2.50. The predicted octanol–water partition coefficient (Wildman–Crippen LogP) is 4.00. The molecular weight excluding hydrogens is 252 g/mol. The zero-order valence-electron chi connectivity index (χ0n) is 13.2. The summed E-state index contributed by atoms with van der Waals surface area (Å²) >= 11 is 0. The van der Waals surface area contributed by atoms with Crippen molar-refractivity contribution in [2.45, 2.75) is 83.6 Å². The highest BCUT2D eigenvalue weighted by molar-refractivity contribution is 4.72. The van der Waals surface area contributed by atoms with Crippen molar-refractivity contribution in [1.82, 2.24) is 10.6 Å². The quantitative estimate of drug-likeness (QED) is 0.435. The standard InChI is InChI=1S/C16H33N2O2/c1-2-3-4-5-6-7-8-9-10-11-12-16-15-20-14-13-18(16)17-19/h16-17H,2-15H2,1H3/q-1. The van der Waals surface area contributed by atoms with Crippen molar-refractivity contribution < 1.29 is 4.74 Å². The van der Waals surface area contributed by atoms with Crippen molar-refractivity contribution in [3.8, 4) is 0 Å². The molecule has 1 fully saturated rings. The highest BCUT2D eigenvalue weighted by atomic mass is 16.5. The summed E-state index contributed by atoms with van der Waals surface area (Å²) in [5.74, 6) is 0. The van der Waals surface area contributed by atoms with Gasteiger partial charge in [0.25, 0.3) is 0 Å². The second-order valence-electron chi connectivity index (χ2n) is 5.98. The van der Waals surface area contributed by atoms with E-state index in [1.165, 1.54) is 64.2 Å². The Morgan fingerprint density at radius 3 is 2.20 bits per heavy atom. The summed E-state index contributed by atoms with van der Waals surface area (Å²) in [6.07, 6.45) is 14.6. The molecule has 1 N–H and O–H groups in total. The van der Waals surface area contributed by atoms with Crippen LogP contribution in [0.4, 0.5) is 0 Å². The predicted molar refractivity (Wildman–Crippen MR) is 84.3 cm³/mol. The first-order chi connectivity index (χ1) is 9.88. The summed E-state index contributed by atoms with van der Waals surface area (Å²) < 4.78 is 5.44. The van der Waals surface area contributed by atoms with Gasteiger partial charge in [-0.2, -0.15) is 0 Å². The zero-order valence-corrected chi connectivity index (χ0v) is 13.2. The van der Waals surface area contributed by atoms with Gasteiger partial charge in [0.2, 0.25) is 0 Å². The number of unbranched alkanes of at least 4 members (excludes halogenated alkanes) is 9. The normalized spacial score (nSPS) is 20.4. The Balaban J connectivity index is 1.86. The maximum Gasteiger partial charge on any atom is 0.0636 e. The Bertz CT molecular complexity index is 215. The third-order valence-corrected chi connectivity index (χ3v) is 4.24. The number of morpholine rings is 1. The van der Waals surface area contributed by atoms with Gasteiger partial charge in [-0.3, -0.25) is 0 Å². The van der Waals surface area contributed by atoms with Crippen molar-refractivity contribution in [2.75, 3.05) is 19.8 Å². The summed E-state index contributed by atoms with van der Waals surface area (Å²) in [6, 6.07) is 0.273.